The summed E-state index contributed by atoms with van der Waals surface area (Å²) in [5.74, 6) is 2.25. The molecule has 1 aliphatic carbocycles. The Morgan fingerprint density at radius 2 is 1.90 bits per heavy atom. The molecule has 6 heteroatoms. The zero-order chi connectivity index (χ0) is 21.5. The van der Waals surface area contributed by atoms with Crippen molar-refractivity contribution in [2.45, 2.75) is 51.9 Å². The van der Waals surface area contributed by atoms with Crippen LogP contribution in [0.25, 0.3) is 0 Å². The van der Waals surface area contributed by atoms with Crippen molar-refractivity contribution in [1.29, 1.82) is 0 Å². The summed E-state index contributed by atoms with van der Waals surface area (Å²) < 4.78 is 6.00. The van der Waals surface area contributed by atoms with E-state index in [0.717, 1.165) is 50.5 Å². The smallest absolute Gasteiger partial charge is 0.263 e. The standard InChI is InChI=1S/C25H32N4O2/c1-19-7-9-22(10-8-19)31-25-23(26-15-16-28-25)29-17-12-21(13-18-29)24(30)27-14-11-20-5-3-2-4-6-20/h5,7-10,15-16,21H,2-4,6,11-14,17-18H2,1H3,(H,27,30). The van der Waals surface area contributed by atoms with Crippen LogP contribution >= 0.6 is 0 Å². The number of nitrogens with zero attached hydrogens (tertiary/aromatic N) is 3. The summed E-state index contributed by atoms with van der Waals surface area (Å²) in [5, 5.41) is 3.15. The van der Waals surface area contributed by atoms with Crippen LogP contribution in [0, 0.1) is 12.8 Å². The maximum Gasteiger partial charge on any atom is 0.263 e. The Morgan fingerprint density at radius 1 is 1.13 bits per heavy atom. The molecule has 1 aliphatic heterocycles. The third kappa shape index (κ3) is 5.84. The average molecular weight is 421 g/mol. The van der Waals surface area contributed by atoms with Crippen LogP contribution in [0.4, 0.5) is 5.82 Å². The number of nitrogens with one attached hydrogen (secondary N) is 1. The van der Waals surface area contributed by atoms with Gasteiger partial charge in [0.05, 0.1) is 0 Å². The number of benzene rings is 1. The highest BCUT2D eigenvalue weighted by Gasteiger charge is 2.27. The van der Waals surface area contributed by atoms with Gasteiger partial charge in [0.1, 0.15) is 5.75 Å². The van der Waals surface area contributed by atoms with Crippen LogP contribution in [0.5, 0.6) is 11.6 Å². The molecule has 6 nitrogen and oxygen atoms in total. The molecular weight excluding hydrogens is 388 g/mol. The van der Waals surface area contributed by atoms with Crippen LogP contribution in [0.15, 0.2) is 48.3 Å². The van der Waals surface area contributed by atoms with Crippen molar-refractivity contribution in [2.24, 2.45) is 5.92 Å². The van der Waals surface area contributed by atoms with E-state index in [1.807, 2.05) is 31.2 Å². The third-order valence-electron chi connectivity index (χ3n) is 6.18. The van der Waals surface area contributed by atoms with Crippen LogP contribution in [0.1, 0.15) is 50.5 Å². The monoisotopic (exact) mass is 420 g/mol. The first-order valence-electron chi connectivity index (χ1n) is 11.4. The maximum atomic E-state index is 12.6. The topological polar surface area (TPSA) is 67.4 Å². The number of anilines is 1. The molecule has 1 aromatic carbocycles. The first-order valence-corrected chi connectivity index (χ1v) is 11.4. The Morgan fingerprint density at radius 3 is 2.65 bits per heavy atom. The fourth-order valence-corrected chi connectivity index (χ4v) is 4.30. The van der Waals surface area contributed by atoms with Gasteiger partial charge in [-0.2, -0.15) is 0 Å². The van der Waals surface area contributed by atoms with E-state index < -0.39 is 0 Å². The lowest BCUT2D eigenvalue weighted by Gasteiger charge is -2.32. The van der Waals surface area contributed by atoms with Crippen LogP contribution in [-0.4, -0.2) is 35.5 Å². The van der Waals surface area contributed by atoms with Crippen LogP contribution in [0.3, 0.4) is 0 Å². The van der Waals surface area contributed by atoms with Crippen LogP contribution < -0.4 is 15.0 Å². The van der Waals surface area contributed by atoms with Gasteiger partial charge in [-0.25, -0.2) is 9.97 Å². The minimum atomic E-state index is 0.0646. The Balaban J connectivity index is 1.29. The van der Waals surface area contributed by atoms with Crippen molar-refractivity contribution in [3.63, 3.8) is 0 Å². The number of carbonyl (C=O) groups excluding carboxylic acids is 1. The zero-order valence-electron chi connectivity index (χ0n) is 18.3. The van der Waals surface area contributed by atoms with Gasteiger partial charge >= 0.3 is 0 Å². The van der Waals surface area contributed by atoms with E-state index in [-0.39, 0.29) is 11.8 Å². The summed E-state index contributed by atoms with van der Waals surface area (Å²) in [6.07, 6.45) is 13.3. The fraction of sp³-hybridized carbons (Fsp3) is 0.480. The Kier molecular flexibility index (Phi) is 7.18. The molecule has 2 heterocycles. The quantitative estimate of drug-likeness (QED) is 0.652. The van der Waals surface area contributed by atoms with Gasteiger partial charge < -0.3 is 15.0 Å². The lowest BCUT2D eigenvalue weighted by atomic mass is 9.95. The van der Waals surface area contributed by atoms with Crippen molar-refractivity contribution in [2.75, 3.05) is 24.5 Å². The highest BCUT2D eigenvalue weighted by atomic mass is 16.5. The van der Waals surface area contributed by atoms with Crippen molar-refractivity contribution in [3.05, 3.63) is 53.9 Å². The molecule has 0 spiro atoms. The molecular formula is C25H32N4O2. The Bertz CT molecular complexity index is 902. The average Bonchev–Trinajstić information content (AvgIpc) is 2.82. The number of aromatic nitrogens is 2. The number of amides is 1. The number of hydrogen-bond donors (Lipinski definition) is 1. The Hall–Kier alpha value is -2.89. The summed E-state index contributed by atoms with van der Waals surface area (Å²) in [5.41, 5.74) is 2.69. The molecule has 1 aromatic heterocycles. The van der Waals surface area contributed by atoms with Gasteiger partial charge in [0.2, 0.25) is 5.91 Å². The van der Waals surface area contributed by atoms with Gasteiger partial charge in [0.25, 0.3) is 5.88 Å². The second kappa shape index (κ2) is 10.4. The summed E-state index contributed by atoms with van der Waals surface area (Å²) in [6, 6.07) is 7.90. The molecule has 0 unspecified atom stereocenters. The van der Waals surface area contributed by atoms with Gasteiger partial charge in [-0.3, -0.25) is 4.79 Å². The highest BCUT2D eigenvalue weighted by Crippen LogP contribution is 2.31. The zero-order valence-corrected chi connectivity index (χ0v) is 18.3. The summed E-state index contributed by atoms with van der Waals surface area (Å²) in [4.78, 5) is 23.7. The van der Waals surface area contributed by atoms with Gasteiger partial charge in [-0.1, -0.05) is 29.3 Å². The van der Waals surface area contributed by atoms with Crippen LogP contribution in [0.2, 0.25) is 0 Å². The number of rotatable bonds is 7. The summed E-state index contributed by atoms with van der Waals surface area (Å²) in [6.45, 7) is 4.34. The molecule has 1 N–H and O–H groups in total. The van der Waals surface area contributed by atoms with E-state index in [0.29, 0.717) is 5.88 Å². The predicted octanol–water partition coefficient (Wildman–Crippen LogP) is 4.80. The van der Waals surface area contributed by atoms with Gasteiger partial charge in [-0.15, -0.1) is 0 Å². The molecule has 0 radical (unpaired) electrons. The molecule has 1 amide bonds. The Labute approximate surface area is 184 Å². The van der Waals surface area contributed by atoms with Crippen molar-refractivity contribution < 1.29 is 9.53 Å². The summed E-state index contributed by atoms with van der Waals surface area (Å²) >= 11 is 0. The van der Waals surface area contributed by atoms with Gasteiger partial charge in [-0.05, 0) is 64.0 Å². The van der Waals surface area contributed by atoms with E-state index >= 15 is 0 Å². The number of ether oxygens (including phenoxy) is 1. The largest absolute Gasteiger partial charge is 0.436 e. The fourth-order valence-electron chi connectivity index (χ4n) is 4.30. The predicted molar refractivity (Wildman–Crippen MR) is 122 cm³/mol. The third-order valence-corrected chi connectivity index (χ3v) is 6.18. The lowest BCUT2D eigenvalue weighted by Crippen LogP contribution is -2.41. The second-order valence-electron chi connectivity index (χ2n) is 8.51. The molecule has 0 saturated carbocycles. The van der Waals surface area contributed by atoms with E-state index in [4.69, 9.17) is 4.74 Å². The lowest BCUT2D eigenvalue weighted by molar-refractivity contribution is -0.125. The molecule has 31 heavy (non-hydrogen) atoms. The van der Waals surface area contributed by atoms with Crippen LogP contribution in [-0.2, 0) is 4.79 Å². The molecule has 2 aromatic rings. The van der Waals surface area contributed by atoms with Crippen molar-refractivity contribution >= 4 is 11.7 Å². The van der Waals surface area contributed by atoms with E-state index in [1.54, 1.807) is 12.4 Å². The molecule has 0 bridgehead atoms. The maximum absolute atomic E-state index is 12.6. The number of hydrogen-bond acceptors (Lipinski definition) is 5. The van der Waals surface area contributed by atoms with E-state index in [9.17, 15) is 4.79 Å². The molecule has 2 aliphatic rings. The number of allylic oxidation sites excluding steroid dienone is 1. The van der Waals surface area contributed by atoms with Gasteiger partial charge in [0.15, 0.2) is 5.82 Å². The second-order valence-corrected chi connectivity index (χ2v) is 8.51. The van der Waals surface area contributed by atoms with Gasteiger partial charge in [0, 0.05) is 37.9 Å². The minimum Gasteiger partial charge on any atom is -0.436 e. The normalized spacial score (nSPS) is 17.2. The molecule has 1 saturated heterocycles. The van der Waals surface area contributed by atoms with E-state index in [2.05, 4.69) is 26.3 Å². The van der Waals surface area contributed by atoms with Crippen molar-refractivity contribution in [3.8, 4) is 11.6 Å². The number of aryl methyl sites for hydroxylation is 1. The summed E-state index contributed by atoms with van der Waals surface area (Å²) in [7, 11) is 0. The molecule has 0 atom stereocenters. The molecule has 4 rings (SSSR count). The molecule has 1 fully saturated rings. The first-order chi connectivity index (χ1) is 15.2. The first kappa shape index (κ1) is 21.3. The SMILES string of the molecule is Cc1ccc(Oc2nccnc2N2CCC(C(=O)NCCC3=CCCCC3)CC2)cc1. The minimum absolute atomic E-state index is 0.0646. The molecule has 164 valence electrons. The van der Waals surface area contributed by atoms with E-state index in [1.165, 1.54) is 36.8 Å². The highest BCUT2D eigenvalue weighted by molar-refractivity contribution is 5.79. The number of piperidine rings is 1. The number of carbonyl (C=O) groups is 1. The van der Waals surface area contributed by atoms with Crippen molar-refractivity contribution in [1.82, 2.24) is 15.3 Å².